The Hall–Kier alpha value is -4.16. The van der Waals surface area contributed by atoms with Gasteiger partial charge in [0.05, 0.1) is 46.4 Å². The quantitative estimate of drug-likeness (QED) is 0.399. The number of hydrogen-bond acceptors (Lipinski definition) is 7. The zero-order chi connectivity index (χ0) is 25.5. The van der Waals surface area contributed by atoms with Crippen molar-refractivity contribution >= 4 is 39.4 Å². The average molecular weight is 493 g/mol. The number of rotatable bonds is 4. The van der Waals surface area contributed by atoms with Gasteiger partial charge in [-0.2, -0.15) is 20.3 Å². The van der Waals surface area contributed by atoms with Crippen LogP contribution in [-0.2, 0) is 20.9 Å². The van der Waals surface area contributed by atoms with Gasteiger partial charge < -0.3 is 4.74 Å². The highest BCUT2D eigenvalue weighted by atomic mass is 16.5. The van der Waals surface area contributed by atoms with Crippen LogP contribution in [0.3, 0.4) is 0 Å². The van der Waals surface area contributed by atoms with Gasteiger partial charge in [0, 0.05) is 11.6 Å². The van der Waals surface area contributed by atoms with Crippen LogP contribution >= 0.6 is 0 Å². The summed E-state index contributed by atoms with van der Waals surface area (Å²) in [4.78, 5) is 35.2. The molecule has 0 unspecified atom stereocenters. The lowest BCUT2D eigenvalue weighted by Crippen LogP contribution is -2.43. The number of nitriles is 1. The zero-order valence-electron chi connectivity index (χ0n) is 20.5. The lowest BCUT2D eigenvalue weighted by molar-refractivity contribution is -0.131. The van der Waals surface area contributed by atoms with E-state index in [2.05, 4.69) is 21.3 Å². The van der Waals surface area contributed by atoms with E-state index >= 15 is 0 Å². The van der Waals surface area contributed by atoms with Gasteiger partial charge in [0.15, 0.2) is 0 Å². The predicted molar refractivity (Wildman–Crippen MR) is 134 cm³/mol. The van der Waals surface area contributed by atoms with E-state index < -0.39 is 23.0 Å². The fourth-order valence-electron chi connectivity index (χ4n) is 6.75. The summed E-state index contributed by atoms with van der Waals surface area (Å²) in [6, 6.07) is 15.0. The first-order valence-electron chi connectivity index (χ1n) is 12.5. The number of fused-ring (bicyclic) bond motifs is 7. The molecule has 3 fully saturated rings. The number of ether oxygens (including phenoxy) is 1. The number of benzene rings is 2. The van der Waals surface area contributed by atoms with Crippen molar-refractivity contribution in [2.75, 3.05) is 4.90 Å². The van der Waals surface area contributed by atoms with Gasteiger partial charge in [0.1, 0.15) is 17.1 Å². The first kappa shape index (κ1) is 22.1. The summed E-state index contributed by atoms with van der Waals surface area (Å²) in [5.41, 5.74) is 2.67. The van der Waals surface area contributed by atoms with Crippen LogP contribution < -0.4 is 4.90 Å². The van der Waals surface area contributed by atoms with Crippen LogP contribution in [0.1, 0.15) is 37.3 Å². The third-order valence-corrected chi connectivity index (χ3v) is 8.43. The van der Waals surface area contributed by atoms with Crippen LogP contribution in [-0.4, -0.2) is 43.0 Å². The first-order chi connectivity index (χ1) is 17.8. The molecule has 9 heteroatoms. The number of aryl methyl sites for hydroxylation is 2. The molecule has 5 heterocycles. The van der Waals surface area contributed by atoms with E-state index in [1.54, 1.807) is 35.3 Å². The molecule has 2 bridgehead atoms. The molecule has 37 heavy (non-hydrogen) atoms. The lowest BCUT2D eigenvalue weighted by Gasteiger charge is -2.31. The normalized spacial score (nSPS) is 28.4. The number of aromatic nitrogens is 4. The topological polar surface area (TPSA) is 114 Å². The minimum absolute atomic E-state index is 0.243. The standard InChI is InChI=1S/C28H24N6O3/c1-16-5-7-19-20(14-16)32-33(31-19)13-11-28-10-9-27(2,37-28)22-23(28)26(36)34(25(22)35)21-8-6-17(15-29)24-18(21)4-3-12-30-24/h3-8,12,14,22-23H,9-11,13H2,1-2H3/t22-,23+,27-,28-/m0/s1. The molecular weight excluding hydrogens is 468 g/mol. The number of nitrogens with zero attached hydrogens (tertiary/aromatic N) is 6. The monoisotopic (exact) mass is 492 g/mol. The Morgan fingerprint density at radius 3 is 2.73 bits per heavy atom. The van der Waals surface area contributed by atoms with E-state index in [-0.39, 0.29) is 11.8 Å². The minimum Gasteiger partial charge on any atom is -0.367 e. The summed E-state index contributed by atoms with van der Waals surface area (Å²) < 4.78 is 6.59. The maximum absolute atomic E-state index is 14.0. The number of hydrogen-bond donors (Lipinski definition) is 0. The molecular formula is C28H24N6O3. The summed E-state index contributed by atoms with van der Waals surface area (Å²) in [6.45, 7) is 4.46. The van der Waals surface area contributed by atoms with Crippen molar-refractivity contribution in [2.45, 2.75) is 50.9 Å². The second kappa shape index (κ2) is 7.43. The first-order valence-corrected chi connectivity index (χ1v) is 12.5. The minimum atomic E-state index is -0.753. The SMILES string of the molecule is Cc1ccc2nn(CC[C@]34CC[C@](C)(O3)[C@@H]3C(=O)N(c5ccc(C#N)c6ncccc56)C(=O)[C@@H]34)nc2c1. The van der Waals surface area contributed by atoms with E-state index in [0.717, 1.165) is 16.6 Å². The number of anilines is 1. The molecule has 9 nitrogen and oxygen atoms in total. The van der Waals surface area contributed by atoms with E-state index in [4.69, 9.17) is 4.74 Å². The van der Waals surface area contributed by atoms with Crippen LogP contribution in [0.2, 0.25) is 0 Å². The highest BCUT2D eigenvalue weighted by Crippen LogP contribution is 2.62. The van der Waals surface area contributed by atoms with Gasteiger partial charge in [0.25, 0.3) is 0 Å². The van der Waals surface area contributed by atoms with Gasteiger partial charge in [-0.05, 0) is 75.1 Å². The summed E-state index contributed by atoms with van der Waals surface area (Å²) in [5.74, 6) is -1.62. The van der Waals surface area contributed by atoms with Crippen LogP contribution in [0, 0.1) is 30.1 Å². The Morgan fingerprint density at radius 1 is 1.08 bits per heavy atom. The van der Waals surface area contributed by atoms with E-state index in [9.17, 15) is 14.9 Å². The maximum Gasteiger partial charge on any atom is 0.240 e. The van der Waals surface area contributed by atoms with Crippen molar-refractivity contribution < 1.29 is 14.3 Å². The molecule has 3 aliphatic rings. The highest BCUT2D eigenvalue weighted by molar-refractivity contribution is 6.26. The summed E-state index contributed by atoms with van der Waals surface area (Å²) in [7, 11) is 0. The molecule has 0 aliphatic carbocycles. The van der Waals surface area contributed by atoms with Gasteiger partial charge in [-0.15, -0.1) is 0 Å². The van der Waals surface area contributed by atoms with Gasteiger partial charge in [-0.1, -0.05) is 6.07 Å². The molecule has 4 aromatic rings. The third kappa shape index (κ3) is 2.96. The zero-order valence-corrected chi connectivity index (χ0v) is 20.5. The van der Waals surface area contributed by atoms with Crippen molar-refractivity contribution in [3.63, 3.8) is 0 Å². The van der Waals surface area contributed by atoms with Crippen molar-refractivity contribution in [2.24, 2.45) is 11.8 Å². The van der Waals surface area contributed by atoms with Crippen LogP contribution in [0.15, 0.2) is 48.7 Å². The molecule has 0 N–H and O–H groups in total. The Morgan fingerprint density at radius 2 is 1.89 bits per heavy atom. The van der Waals surface area contributed by atoms with Gasteiger partial charge in [-0.3, -0.25) is 14.6 Å². The Labute approximate surface area is 212 Å². The molecule has 184 valence electrons. The molecule has 0 radical (unpaired) electrons. The number of pyridine rings is 1. The van der Waals surface area contributed by atoms with Crippen LogP contribution in [0.5, 0.6) is 0 Å². The molecule has 3 aliphatic heterocycles. The molecule has 2 amide bonds. The van der Waals surface area contributed by atoms with Crippen molar-refractivity contribution in [1.82, 2.24) is 20.0 Å². The van der Waals surface area contributed by atoms with Crippen LogP contribution in [0.4, 0.5) is 5.69 Å². The third-order valence-electron chi connectivity index (χ3n) is 8.43. The number of imide groups is 1. The van der Waals surface area contributed by atoms with Crippen LogP contribution in [0.25, 0.3) is 21.9 Å². The fraction of sp³-hybridized carbons (Fsp3) is 0.357. The molecule has 4 atom stereocenters. The Bertz CT molecular complexity index is 1690. The second-order valence-corrected chi connectivity index (χ2v) is 10.6. The largest absolute Gasteiger partial charge is 0.367 e. The Balaban J connectivity index is 1.25. The number of carbonyl (C=O) groups is 2. The van der Waals surface area contributed by atoms with Gasteiger partial charge in [0.2, 0.25) is 11.8 Å². The van der Waals surface area contributed by atoms with Gasteiger partial charge in [-0.25, -0.2) is 4.90 Å². The molecule has 7 rings (SSSR count). The Kier molecular flexibility index (Phi) is 4.43. The van der Waals surface area contributed by atoms with Crippen molar-refractivity contribution in [3.05, 3.63) is 59.8 Å². The highest BCUT2D eigenvalue weighted by Gasteiger charge is 2.73. The maximum atomic E-state index is 14.0. The van der Waals surface area contributed by atoms with E-state index in [1.165, 1.54) is 4.90 Å². The number of amides is 2. The molecule has 3 saturated heterocycles. The smallest absolute Gasteiger partial charge is 0.240 e. The second-order valence-electron chi connectivity index (χ2n) is 10.6. The number of carbonyl (C=O) groups excluding carboxylic acids is 2. The molecule has 2 aromatic carbocycles. The fourth-order valence-corrected chi connectivity index (χ4v) is 6.75. The molecule has 0 saturated carbocycles. The predicted octanol–water partition coefficient (Wildman–Crippen LogP) is 3.68. The summed E-state index contributed by atoms with van der Waals surface area (Å²) in [5, 5.41) is 19.3. The average Bonchev–Trinajstić information content (AvgIpc) is 3.60. The summed E-state index contributed by atoms with van der Waals surface area (Å²) in [6.07, 6.45) is 3.55. The lowest BCUT2D eigenvalue weighted by atomic mass is 9.67. The molecule has 2 aromatic heterocycles. The van der Waals surface area contributed by atoms with Crippen molar-refractivity contribution in [1.29, 1.82) is 5.26 Å². The van der Waals surface area contributed by atoms with E-state index in [1.807, 2.05) is 32.0 Å². The van der Waals surface area contributed by atoms with Crippen molar-refractivity contribution in [3.8, 4) is 6.07 Å². The molecule has 0 spiro atoms. The summed E-state index contributed by atoms with van der Waals surface area (Å²) >= 11 is 0. The van der Waals surface area contributed by atoms with Gasteiger partial charge >= 0.3 is 0 Å². The van der Waals surface area contributed by atoms with E-state index in [0.29, 0.717) is 48.0 Å².